The molecule has 1 saturated heterocycles. The standard InChI is InChI=1S/C16H20N6O/c23-16(14-8-17-5-6-18-14)21-7-1-2-12(9-21)10-22-11-15(19-20-22)13-3-4-13/h5-6,8,11-13H,1-4,7,9-10H2/t12-/m0/s1. The van der Waals surface area contributed by atoms with Crippen molar-refractivity contribution in [1.29, 1.82) is 0 Å². The highest BCUT2D eigenvalue weighted by atomic mass is 16.2. The van der Waals surface area contributed by atoms with E-state index in [-0.39, 0.29) is 5.91 Å². The highest BCUT2D eigenvalue weighted by Crippen LogP contribution is 2.38. The van der Waals surface area contributed by atoms with E-state index in [4.69, 9.17) is 0 Å². The second kappa shape index (κ2) is 6.06. The first-order valence-electron chi connectivity index (χ1n) is 8.25. The summed E-state index contributed by atoms with van der Waals surface area (Å²) in [6, 6.07) is 0. The minimum atomic E-state index is -0.0277. The molecule has 7 nitrogen and oxygen atoms in total. The number of carbonyl (C=O) groups is 1. The molecule has 120 valence electrons. The lowest BCUT2D eigenvalue weighted by Crippen LogP contribution is -2.41. The lowest BCUT2D eigenvalue weighted by molar-refractivity contribution is 0.0653. The van der Waals surface area contributed by atoms with Crippen molar-refractivity contribution >= 4 is 5.91 Å². The van der Waals surface area contributed by atoms with Crippen LogP contribution in [0.4, 0.5) is 0 Å². The molecule has 3 heterocycles. The molecule has 1 atom stereocenters. The molecule has 2 aromatic rings. The van der Waals surface area contributed by atoms with E-state index >= 15 is 0 Å². The van der Waals surface area contributed by atoms with Gasteiger partial charge in [-0.3, -0.25) is 14.5 Å². The summed E-state index contributed by atoms with van der Waals surface area (Å²) in [5.41, 5.74) is 1.54. The molecular formula is C16H20N6O. The molecule has 0 N–H and O–H groups in total. The van der Waals surface area contributed by atoms with Gasteiger partial charge in [-0.2, -0.15) is 0 Å². The maximum atomic E-state index is 12.5. The predicted octanol–water partition coefficient (Wildman–Crippen LogP) is 1.50. The molecule has 7 heteroatoms. The highest BCUT2D eigenvalue weighted by Gasteiger charge is 2.28. The van der Waals surface area contributed by atoms with Crippen LogP contribution in [-0.4, -0.2) is 48.9 Å². The topological polar surface area (TPSA) is 76.8 Å². The van der Waals surface area contributed by atoms with Gasteiger partial charge in [-0.1, -0.05) is 5.21 Å². The largest absolute Gasteiger partial charge is 0.337 e. The van der Waals surface area contributed by atoms with Crippen LogP contribution in [0.15, 0.2) is 24.8 Å². The Balaban J connectivity index is 1.39. The molecule has 0 radical (unpaired) electrons. The Labute approximate surface area is 134 Å². The molecule has 4 rings (SSSR count). The normalized spacial score (nSPS) is 21.4. The number of hydrogen-bond donors (Lipinski definition) is 0. The molecule has 2 aliphatic rings. The van der Waals surface area contributed by atoms with E-state index in [9.17, 15) is 4.79 Å². The van der Waals surface area contributed by atoms with E-state index in [1.165, 1.54) is 19.0 Å². The van der Waals surface area contributed by atoms with Crippen LogP contribution in [0.25, 0.3) is 0 Å². The van der Waals surface area contributed by atoms with Crippen LogP contribution in [0.1, 0.15) is 47.8 Å². The molecular weight excluding hydrogens is 292 g/mol. The molecule has 1 amide bonds. The molecule has 2 fully saturated rings. The first-order valence-corrected chi connectivity index (χ1v) is 8.25. The van der Waals surface area contributed by atoms with Gasteiger partial charge in [-0.15, -0.1) is 5.10 Å². The number of nitrogens with zero attached hydrogens (tertiary/aromatic N) is 6. The number of carbonyl (C=O) groups excluding carboxylic acids is 1. The number of amides is 1. The van der Waals surface area contributed by atoms with Crippen LogP contribution < -0.4 is 0 Å². The fourth-order valence-corrected chi connectivity index (χ4v) is 3.20. The Kier molecular flexibility index (Phi) is 3.77. The first kappa shape index (κ1) is 14.3. The highest BCUT2D eigenvalue weighted by molar-refractivity contribution is 5.92. The van der Waals surface area contributed by atoms with Gasteiger partial charge in [0.05, 0.1) is 11.9 Å². The summed E-state index contributed by atoms with van der Waals surface area (Å²) in [4.78, 5) is 22.5. The van der Waals surface area contributed by atoms with Crippen molar-refractivity contribution in [2.75, 3.05) is 13.1 Å². The lowest BCUT2D eigenvalue weighted by atomic mass is 9.98. The maximum Gasteiger partial charge on any atom is 0.274 e. The SMILES string of the molecule is O=C(c1cnccn1)N1CCC[C@H](Cn2cc(C3CC3)nn2)C1. The van der Waals surface area contributed by atoms with Crippen molar-refractivity contribution in [3.63, 3.8) is 0 Å². The van der Waals surface area contributed by atoms with E-state index < -0.39 is 0 Å². The summed E-state index contributed by atoms with van der Waals surface area (Å²) in [6.45, 7) is 2.36. The number of rotatable bonds is 4. The van der Waals surface area contributed by atoms with Crippen LogP contribution >= 0.6 is 0 Å². The summed E-state index contributed by atoms with van der Waals surface area (Å²) in [7, 11) is 0. The fraction of sp³-hybridized carbons (Fsp3) is 0.562. The zero-order chi connectivity index (χ0) is 15.6. The summed E-state index contributed by atoms with van der Waals surface area (Å²) in [5.74, 6) is 1.02. The van der Waals surface area contributed by atoms with Crippen molar-refractivity contribution < 1.29 is 4.79 Å². The molecule has 2 aromatic heterocycles. The van der Waals surface area contributed by atoms with E-state index in [1.807, 2.05) is 9.58 Å². The minimum absolute atomic E-state index is 0.0277. The third-order valence-corrected chi connectivity index (χ3v) is 4.59. The van der Waals surface area contributed by atoms with Gasteiger partial charge in [0.25, 0.3) is 5.91 Å². The summed E-state index contributed by atoms with van der Waals surface area (Å²) in [5, 5.41) is 8.50. The van der Waals surface area contributed by atoms with E-state index in [1.54, 1.807) is 12.4 Å². The number of hydrogen-bond acceptors (Lipinski definition) is 5. The van der Waals surface area contributed by atoms with Gasteiger partial charge < -0.3 is 4.90 Å². The monoisotopic (exact) mass is 312 g/mol. The molecule has 1 saturated carbocycles. The molecule has 0 spiro atoms. The van der Waals surface area contributed by atoms with E-state index in [0.717, 1.165) is 38.2 Å². The fourth-order valence-electron chi connectivity index (χ4n) is 3.20. The third kappa shape index (κ3) is 3.23. The van der Waals surface area contributed by atoms with Gasteiger partial charge in [0, 0.05) is 44.1 Å². The summed E-state index contributed by atoms with van der Waals surface area (Å²) >= 11 is 0. The molecule has 0 aromatic carbocycles. The second-order valence-corrected chi connectivity index (χ2v) is 6.49. The minimum Gasteiger partial charge on any atom is -0.337 e. The molecule has 0 unspecified atom stereocenters. The predicted molar refractivity (Wildman–Crippen MR) is 82.7 cm³/mol. The average Bonchev–Trinajstić information content (AvgIpc) is 3.35. The Bertz CT molecular complexity index is 681. The Morgan fingerprint density at radius 1 is 1.26 bits per heavy atom. The van der Waals surface area contributed by atoms with Crippen molar-refractivity contribution in [3.8, 4) is 0 Å². The number of likely N-dealkylation sites (tertiary alicyclic amines) is 1. The lowest BCUT2D eigenvalue weighted by Gasteiger charge is -2.32. The molecule has 23 heavy (non-hydrogen) atoms. The van der Waals surface area contributed by atoms with Crippen molar-refractivity contribution in [1.82, 2.24) is 29.9 Å². The smallest absolute Gasteiger partial charge is 0.274 e. The van der Waals surface area contributed by atoms with Crippen LogP contribution in [0, 0.1) is 5.92 Å². The number of aromatic nitrogens is 5. The van der Waals surface area contributed by atoms with E-state index in [0.29, 0.717) is 17.5 Å². The van der Waals surface area contributed by atoms with Gasteiger partial charge in [-0.25, -0.2) is 4.98 Å². The third-order valence-electron chi connectivity index (χ3n) is 4.59. The van der Waals surface area contributed by atoms with Gasteiger partial charge in [0.1, 0.15) is 5.69 Å². The molecule has 0 bridgehead atoms. The Hall–Kier alpha value is -2.31. The van der Waals surface area contributed by atoms with Crippen LogP contribution in [0.2, 0.25) is 0 Å². The number of piperidine rings is 1. The quantitative estimate of drug-likeness (QED) is 0.855. The van der Waals surface area contributed by atoms with Gasteiger partial charge in [0.15, 0.2) is 0 Å². The maximum absolute atomic E-state index is 12.5. The summed E-state index contributed by atoms with van der Waals surface area (Å²) in [6.07, 6.45) is 11.3. The van der Waals surface area contributed by atoms with Gasteiger partial charge >= 0.3 is 0 Å². The van der Waals surface area contributed by atoms with Gasteiger partial charge in [-0.05, 0) is 31.6 Å². The van der Waals surface area contributed by atoms with Crippen LogP contribution in [-0.2, 0) is 6.54 Å². The Morgan fingerprint density at radius 3 is 2.96 bits per heavy atom. The van der Waals surface area contributed by atoms with E-state index in [2.05, 4.69) is 26.5 Å². The van der Waals surface area contributed by atoms with Crippen LogP contribution in [0.3, 0.4) is 0 Å². The first-order chi connectivity index (χ1) is 11.3. The average molecular weight is 312 g/mol. The zero-order valence-corrected chi connectivity index (χ0v) is 13.0. The van der Waals surface area contributed by atoms with Crippen molar-refractivity contribution in [3.05, 3.63) is 36.2 Å². The second-order valence-electron chi connectivity index (χ2n) is 6.49. The molecule has 1 aliphatic carbocycles. The van der Waals surface area contributed by atoms with Crippen molar-refractivity contribution in [2.24, 2.45) is 5.92 Å². The van der Waals surface area contributed by atoms with Crippen LogP contribution in [0.5, 0.6) is 0 Å². The zero-order valence-electron chi connectivity index (χ0n) is 13.0. The van der Waals surface area contributed by atoms with Gasteiger partial charge in [0.2, 0.25) is 0 Å². The van der Waals surface area contributed by atoms with Crippen molar-refractivity contribution in [2.45, 2.75) is 38.1 Å². The Morgan fingerprint density at radius 2 is 2.17 bits per heavy atom. The molecule has 1 aliphatic heterocycles. The summed E-state index contributed by atoms with van der Waals surface area (Å²) < 4.78 is 1.94.